The Kier molecular flexibility index (Phi) is 5.96. The van der Waals surface area contributed by atoms with Crippen molar-refractivity contribution in [2.45, 2.75) is 25.2 Å². The van der Waals surface area contributed by atoms with Crippen molar-refractivity contribution < 1.29 is 26.8 Å². The van der Waals surface area contributed by atoms with Gasteiger partial charge in [0.25, 0.3) is 5.91 Å². The highest BCUT2D eigenvalue weighted by molar-refractivity contribution is 7.91. The second-order valence-corrected chi connectivity index (χ2v) is 8.98. The Bertz CT molecular complexity index is 891. The SMILES string of the molecule is COCNC(=O)c1oc(C2CCS(=O)(=O)CC2)cc1Cc1ccc(F)cc1. The molecule has 0 bridgehead atoms. The summed E-state index contributed by atoms with van der Waals surface area (Å²) in [5, 5.41) is 2.60. The standard InChI is InChI=1S/C19H22FNO5S/c1-25-12-21-19(22)18-15(10-13-2-4-16(20)5-3-13)11-17(26-18)14-6-8-27(23,24)9-7-14/h2-5,11,14H,6-10,12H2,1H3,(H,21,22). The Morgan fingerprint density at radius 1 is 1.26 bits per heavy atom. The molecule has 2 heterocycles. The summed E-state index contributed by atoms with van der Waals surface area (Å²) in [4.78, 5) is 12.4. The summed E-state index contributed by atoms with van der Waals surface area (Å²) in [6.45, 7) is 0.0481. The number of benzene rings is 1. The molecule has 1 aromatic heterocycles. The van der Waals surface area contributed by atoms with Gasteiger partial charge in [-0.15, -0.1) is 0 Å². The molecule has 0 spiro atoms. The second kappa shape index (κ2) is 8.22. The molecular weight excluding hydrogens is 373 g/mol. The molecule has 1 fully saturated rings. The summed E-state index contributed by atoms with van der Waals surface area (Å²) in [5.74, 6) is 0.277. The highest BCUT2D eigenvalue weighted by atomic mass is 32.2. The third-order valence-corrected chi connectivity index (χ3v) is 6.39. The quantitative estimate of drug-likeness (QED) is 0.760. The Labute approximate surface area is 157 Å². The number of amides is 1. The van der Waals surface area contributed by atoms with Gasteiger partial charge in [0.2, 0.25) is 0 Å². The van der Waals surface area contributed by atoms with E-state index in [0.717, 1.165) is 5.56 Å². The van der Waals surface area contributed by atoms with Crippen molar-refractivity contribution in [2.75, 3.05) is 25.3 Å². The first-order valence-corrected chi connectivity index (χ1v) is 10.5. The van der Waals surface area contributed by atoms with E-state index in [0.29, 0.717) is 30.6 Å². The Morgan fingerprint density at radius 3 is 2.56 bits per heavy atom. The summed E-state index contributed by atoms with van der Waals surface area (Å²) >= 11 is 0. The monoisotopic (exact) mass is 395 g/mol. The molecule has 2 aromatic rings. The molecule has 3 rings (SSSR count). The molecule has 1 amide bonds. The number of carbonyl (C=O) groups is 1. The number of hydrogen-bond donors (Lipinski definition) is 1. The van der Waals surface area contributed by atoms with Gasteiger partial charge >= 0.3 is 0 Å². The number of rotatable bonds is 6. The molecule has 1 aliphatic heterocycles. The number of ether oxygens (including phenoxy) is 1. The lowest BCUT2D eigenvalue weighted by molar-refractivity contribution is 0.0840. The Balaban J connectivity index is 1.86. The number of halogens is 1. The summed E-state index contributed by atoms with van der Waals surface area (Å²) in [6.07, 6.45) is 1.36. The van der Waals surface area contributed by atoms with Gasteiger partial charge in [0.1, 0.15) is 28.1 Å². The lowest BCUT2D eigenvalue weighted by Gasteiger charge is -2.19. The minimum absolute atomic E-state index is 0.0375. The number of methoxy groups -OCH3 is 1. The average Bonchev–Trinajstić information content (AvgIpc) is 3.05. The smallest absolute Gasteiger partial charge is 0.289 e. The molecule has 146 valence electrons. The maximum atomic E-state index is 13.1. The predicted molar refractivity (Wildman–Crippen MR) is 97.9 cm³/mol. The molecule has 0 aliphatic carbocycles. The van der Waals surface area contributed by atoms with Gasteiger partial charge in [-0.05, 0) is 36.6 Å². The van der Waals surface area contributed by atoms with Crippen LogP contribution in [0.2, 0.25) is 0 Å². The Hall–Kier alpha value is -2.19. The van der Waals surface area contributed by atoms with E-state index < -0.39 is 15.7 Å². The number of hydrogen-bond acceptors (Lipinski definition) is 5. The highest BCUT2D eigenvalue weighted by Crippen LogP contribution is 2.33. The topological polar surface area (TPSA) is 85.6 Å². The fraction of sp³-hybridized carbons (Fsp3) is 0.421. The summed E-state index contributed by atoms with van der Waals surface area (Å²) < 4.78 is 47.2. The van der Waals surface area contributed by atoms with E-state index in [1.54, 1.807) is 12.1 Å². The van der Waals surface area contributed by atoms with Gasteiger partial charge in [0, 0.05) is 25.0 Å². The lowest BCUT2D eigenvalue weighted by Crippen LogP contribution is -2.25. The Morgan fingerprint density at radius 2 is 1.93 bits per heavy atom. The van der Waals surface area contributed by atoms with E-state index in [9.17, 15) is 17.6 Å². The molecule has 1 N–H and O–H groups in total. The van der Waals surface area contributed by atoms with Crippen molar-refractivity contribution in [2.24, 2.45) is 0 Å². The van der Waals surface area contributed by atoms with Crippen molar-refractivity contribution in [3.63, 3.8) is 0 Å². The molecule has 6 nitrogen and oxygen atoms in total. The highest BCUT2D eigenvalue weighted by Gasteiger charge is 2.29. The minimum atomic E-state index is -2.98. The van der Waals surface area contributed by atoms with Gasteiger partial charge in [0.15, 0.2) is 5.76 Å². The molecule has 8 heteroatoms. The average molecular weight is 395 g/mol. The van der Waals surface area contributed by atoms with E-state index in [1.165, 1.54) is 19.2 Å². The van der Waals surface area contributed by atoms with Crippen LogP contribution in [0.4, 0.5) is 4.39 Å². The first-order chi connectivity index (χ1) is 12.9. The third kappa shape index (κ3) is 4.95. The fourth-order valence-corrected chi connectivity index (χ4v) is 4.68. The van der Waals surface area contributed by atoms with Gasteiger partial charge in [-0.2, -0.15) is 0 Å². The first kappa shape index (κ1) is 19.6. The molecule has 0 radical (unpaired) electrons. The number of carbonyl (C=O) groups excluding carboxylic acids is 1. The van der Waals surface area contributed by atoms with Crippen LogP contribution in [0, 0.1) is 5.82 Å². The van der Waals surface area contributed by atoms with E-state index in [2.05, 4.69) is 5.32 Å². The van der Waals surface area contributed by atoms with Crippen molar-refractivity contribution in [1.82, 2.24) is 5.32 Å². The van der Waals surface area contributed by atoms with Crippen LogP contribution in [-0.2, 0) is 21.0 Å². The summed E-state index contributed by atoms with van der Waals surface area (Å²) in [5.41, 5.74) is 1.52. The van der Waals surface area contributed by atoms with Crippen molar-refractivity contribution in [1.29, 1.82) is 0 Å². The van der Waals surface area contributed by atoms with Crippen LogP contribution in [0.5, 0.6) is 0 Å². The van der Waals surface area contributed by atoms with Gasteiger partial charge in [-0.25, -0.2) is 12.8 Å². The van der Waals surface area contributed by atoms with Gasteiger partial charge in [-0.3, -0.25) is 4.79 Å². The minimum Gasteiger partial charge on any atom is -0.455 e. The zero-order valence-corrected chi connectivity index (χ0v) is 15.9. The number of furan rings is 1. The normalized spacial score (nSPS) is 17.0. The zero-order chi connectivity index (χ0) is 19.4. The number of sulfone groups is 1. The summed E-state index contributed by atoms with van der Waals surface area (Å²) in [6, 6.07) is 7.87. The van der Waals surface area contributed by atoms with E-state index >= 15 is 0 Å². The molecular formula is C19H22FNO5S. The molecule has 0 atom stereocenters. The van der Waals surface area contributed by atoms with Gasteiger partial charge in [0.05, 0.1) is 11.5 Å². The molecule has 1 saturated heterocycles. The molecule has 0 unspecified atom stereocenters. The van der Waals surface area contributed by atoms with Crippen LogP contribution in [-0.4, -0.2) is 39.7 Å². The summed E-state index contributed by atoms with van der Waals surface area (Å²) in [7, 11) is -1.51. The first-order valence-electron chi connectivity index (χ1n) is 8.72. The van der Waals surface area contributed by atoms with Gasteiger partial charge < -0.3 is 14.5 Å². The molecule has 0 saturated carbocycles. The van der Waals surface area contributed by atoms with E-state index in [4.69, 9.17) is 9.15 Å². The van der Waals surface area contributed by atoms with Crippen LogP contribution in [0.3, 0.4) is 0 Å². The molecule has 1 aromatic carbocycles. The lowest BCUT2D eigenvalue weighted by atomic mass is 9.98. The number of nitrogens with one attached hydrogen (secondary N) is 1. The van der Waals surface area contributed by atoms with E-state index in [1.807, 2.05) is 6.07 Å². The maximum absolute atomic E-state index is 13.1. The molecule has 27 heavy (non-hydrogen) atoms. The van der Waals surface area contributed by atoms with Crippen molar-refractivity contribution in [3.8, 4) is 0 Å². The zero-order valence-electron chi connectivity index (χ0n) is 15.0. The van der Waals surface area contributed by atoms with Crippen LogP contribution in [0.1, 0.15) is 46.2 Å². The maximum Gasteiger partial charge on any atom is 0.289 e. The predicted octanol–water partition coefficient (Wildman–Crippen LogP) is 2.64. The van der Waals surface area contributed by atoms with Crippen molar-refractivity contribution in [3.05, 3.63) is 58.8 Å². The van der Waals surface area contributed by atoms with Crippen LogP contribution in [0.25, 0.3) is 0 Å². The van der Waals surface area contributed by atoms with Crippen LogP contribution < -0.4 is 5.32 Å². The fourth-order valence-electron chi connectivity index (χ4n) is 3.19. The van der Waals surface area contributed by atoms with Crippen molar-refractivity contribution >= 4 is 15.7 Å². The largest absolute Gasteiger partial charge is 0.455 e. The van der Waals surface area contributed by atoms with Crippen LogP contribution >= 0.6 is 0 Å². The van der Waals surface area contributed by atoms with Crippen LogP contribution in [0.15, 0.2) is 34.7 Å². The third-order valence-electron chi connectivity index (χ3n) is 4.68. The molecule has 1 aliphatic rings. The second-order valence-electron chi connectivity index (χ2n) is 6.67. The van der Waals surface area contributed by atoms with E-state index in [-0.39, 0.29) is 35.7 Å². The van der Waals surface area contributed by atoms with Gasteiger partial charge in [-0.1, -0.05) is 12.1 Å².